The number of nitrogens with one attached hydrogen (secondary N) is 2. The maximum absolute atomic E-state index is 13.5. The second-order valence-electron chi connectivity index (χ2n) is 7.47. The molecule has 0 spiro atoms. The van der Waals surface area contributed by atoms with Crippen LogP contribution in [0.15, 0.2) is 48.7 Å². The highest BCUT2D eigenvalue weighted by Gasteiger charge is 2.17. The Hall–Kier alpha value is -3.65. The third-order valence-corrected chi connectivity index (χ3v) is 5.32. The van der Waals surface area contributed by atoms with Crippen molar-refractivity contribution in [3.63, 3.8) is 0 Å². The van der Waals surface area contributed by atoms with Gasteiger partial charge in [0.25, 0.3) is 0 Å². The first-order valence-electron chi connectivity index (χ1n) is 10.3. The number of ether oxygens (including phenoxy) is 2. The molecule has 0 bridgehead atoms. The minimum atomic E-state index is -0.263. The van der Waals surface area contributed by atoms with Gasteiger partial charge in [-0.15, -0.1) is 5.10 Å². The molecular weight excluding hydrogens is 409 g/mol. The normalized spacial score (nSPS) is 11.0. The molecule has 0 atom stereocenters. The summed E-state index contributed by atoms with van der Waals surface area (Å²) in [6, 6.07) is 12.2. The number of aryl methyl sites for hydroxylation is 2. The first kappa shape index (κ1) is 21.6. The van der Waals surface area contributed by atoms with E-state index in [1.807, 2.05) is 51.4 Å². The van der Waals surface area contributed by atoms with Gasteiger partial charge in [-0.3, -0.25) is 5.32 Å². The highest BCUT2D eigenvalue weighted by atomic mass is 19.1. The first-order chi connectivity index (χ1) is 15.5. The molecule has 2 aromatic carbocycles. The number of fused-ring (bicyclic) bond motifs is 1. The third-order valence-electron chi connectivity index (χ3n) is 5.32. The zero-order valence-electron chi connectivity index (χ0n) is 18.6. The van der Waals surface area contributed by atoms with Gasteiger partial charge in [-0.1, -0.05) is 12.1 Å². The molecule has 2 aromatic heterocycles. The number of benzene rings is 2. The quantitative estimate of drug-likeness (QED) is 0.401. The minimum absolute atomic E-state index is 0.263. The van der Waals surface area contributed by atoms with Gasteiger partial charge in [-0.05, 0) is 50.7 Å². The standard InChI is InChI=1S/C24H26FN5O2/c1-15-20-13-30(21-9-8-19(32-14-26-3)11-22(21)31-4)16(2)23(20)24(29-28-15)27-12-17-6-5-7-18(25)10-17/h5-11,13,26H,12,14H2,1-4H3,(H,27,29). The van der Waals surface area contributed by atoms with Crippen LogP contribution in [0, 0.1) is 19.7 Å². The van der Waals surface area contributed by atoms with E-state index in [0.717, 1.165) is 33.4 Å². The molecule has 7 nitrogen and oxygen atoms in total. The summed E-state index contributed by atoms with van der Waals surface area (Å²) < 4.78 is 26.9. The summed E-state index contributed by atoms with van der Waals surface area (Å²) in [7, 11) is 3.46. The second-order valence-corrected chi connectivity index (χ2v) is 7.47. The number of halogens is 1. The van der Waals surface area contributed by atoms with Crippen LogP contribution in [-0.2, 0) is 6.54 Å². The van der Waals surface area contributed by atoms with Crippen LogP contribution in [0.3, 0.4) is 0 Å². The lowest BCUT2D eigenvalue weighted by atomic mass is 10.2. The van der Waals surface area contributed by atoms with Crippen molar-refractivity contribution in [2.45, 2.75) is 20.4 Å². The maximum atomic E-state index is 13.5. The summed E-state index contributed by atoms with van der Waals surface area (Å²) in [4.78, 5) is 0. The monoisotopic (exact) mass is 435 g/mol. The molecule has 0 amide bonds. The van der Waals surface area contributed by atoms with Crippen LogP contribution in [0.5, 0.6) is 11.5 Å². The fourth-order valence-corrected chi connectivity index (χ4v) is 3.72. The lowest BCUT2D eigenvalue weighted by Crippen LogP contribution is -2.14. The van der Waals surface area contributed by atoms with Crippen LogP contribution < -0.4 is 20.1 Å². The van der Waals surface area contributed by atoms with Crippen LogP contribution in [-0.4, -0.2) is 35.7 Å². The van der Waals surface area contributed by atoms with Crippen LogP contribution in [0.2, 0.25) is 0 Å². The van der Waals surface area contributed by atoms with E-state index in [0.29, 0.717) is 30.6 Å². The van der Waals surface area contributed by atoms with Gasteiger partial charge >= 0.3 is 0 Å². The number of hydrogen-bond donors (Lipinski definition) is 2. The molecule has 0 saturated carbocycles. The number of rotatable bonds is 8. The largest absolute Gasteiger partial charge is 0.494 e. The summed E-state index contributed by atoms with van der Waals surface area (Å²) >= 11 is 0. The number of aromatic nitrogens is 3. The predicted octanol–water partition coefficient (Wildman–Crippen LogP) is 4.35. The molecular formula is C24H26FN5O2. The van der Waals surface area contributed by atoms with Crippen LogP contribution in [0.25, 0.3) is 16.5 Å². The summed E-state index contributed by atoms with van der Waals surface area (Å²) in [5, 5.41) is 16.9. The minimum Gasteiger partial charge on any atom is -0.494 e. The highest BCUT2D eigenvalue weighted by molar-refractivity contribution is 5.96. The van der Waals surface area contributed by atoms with E-state index in [-0.39, 0.29) is 5.82 Å². The van der Waals surface area contributed by atoms with Crippen LogP contribution >= 0.6 is 0 Å². The molecule has 4 rings (SSSR count). The molecule has 2 N–H and O–H groups in total. The van der Waals surface area contributed by atoms with Gasteiger partial charge in [0.15, 0.2) is 5.82 Å². The van der Waals surface area contributed by atoms with Crippen molar-refractivity contribution in [2.75, 3.05) is 26.2 Å². The van der Waals surface area contributed by atoms with Crippen molar-refractivity contribution < 1.29 is 13.9 Å². The van der Waals surface area contributed by atoms with Crippen molar-refractivity contribution in [3.05, 3.63) is 71.4 Å². The van der Waals surface area contributed by atoms with Crippen molar-refractivity contribution in [2.24, 2.45) is 0 Å². The van der Waals surface area contributed by atoms with E-state index in [9.17, 15) is 4.39 Å². The van der Waals surface area contributed by atoms with Crippen molar-refractivity contribution in [3.8, 4) is 17.2 Å². The molecule has 4 aromatic rings. The van der Waals surface area contributed by atoms with Gasteiger partial charge in [-0.2, -0.15) is 5.10 Å². The maximum Gasteiger partial charge on any atom is 0.158 e. The molecule has 0 aliphatic carbocycles. The fourth-order valence-electron chi connectivity index (χ4n) is 3.72. The zero-order valence-corrected chi connectivity index (χ0v) is 18.6. The number of nitrogens with zero attached hydrogens (tertiary/aromatic N) is 3. The van der Waals surface area contributed by atoms with Crippen molar-refractivity contribution in [1.82, 2.24) is 20.1 Å². The van der Waals surface area contributed by atoms with E-state index >= 15 is 0 Å². The van der Waals surface area contributed by atoms with Gasteiger partial charge in [0.05, 0.1) is 18.5 Å². The number of anilines is 1. The Balaban J connectivity index is 1.74. The molecule has 8 heteroatoms. The van der Waals surface area contributed by atoms with Gasteiger partial charge in [0, 0.05) is 35.3 Å². The molecule has 2 heterocycles. The highest BCUT2D eigenvalue weighted by Crippen LogP contribution is 2.35. The Morgan fingerprint density at radius 2 is 1.94 bits per heavy atom. The molecule has 166 valence electrons. The van der Waals surface area contributed by atoms with Gasteiger partial charge < -0.3 is 19.4 Å². The lowest BCUT2D eigenvalue weighted by Gasteiger charge is -2.14. The molecule has 0 saturated heterocycles. The average Bonchev–Trinajstić information content (AvgIpc) is 3.15. The molecule has 0 radical (unpaired) electrons. The third kappa shape index (κ3) is 4.22. The topological polar surface area (TPSA) is 73.2 Å². The van der Waals surface area contributed by atoms with E-state index in [2.05, 4.69) is 25.4 Å². The Morgan fingerprint density at radius 1 is 1.09 bits per heavy atom. The summed E-state index contributed by atoms with van der Waals surface area (Å²) in [5.41, 5.74) is 3.53. The number of hydrogen-bond acceptors (Lipinski definition) is 6. The molecule has 0 unspecified atom stereocenters. The Bertz CT molecular complexity index is 1250. The summed E-state index contributed by atoms with van der Waals surface area (Å²) in [6.07, 6.45) is 2.04. The summed E-state index contributed by atoms with van der Waals surface area (Å²) in [5.74, 6) is 1.79. The van der Waals surface area contributed by atoms with Gasteiger partial charge in [-0.25, -0.2) is 4.39 Å². The van der Waals surface area contributed by atoms with Crippen LogP contribution in [0.1, 0.15) is 17.0 Å². The fraction of sp³-hybridized carbons (Fsp3) is 0.250. The average molecular weight is 436 g/mol. The second kappa shape index (κ2) is 9.23. The number of methoxy groups -OCH3 is 1. The summed E-state index contributed by atoms with van der Waals surface area (Å²) in [6.45, 7) is 4.81. The Labute approximate surface area is 186 Å². The van der Waals surface area contributed by atoms with Crippen molar-refractivity contribution in [1.29, 1.82) is 0 Å². The molecule has 0 aliphatic rings. The SMILES string of the molecule is CNCOc1ccc(-n2cc3c(C)nnc(NCc4cccc(F)c4)c3c2C)c(OC)c1. The van der Waals surface area contributed by atoms with Crippen LogP contribution in [0.4, 0.5) is 10.2 Å². The zero-order chi connectivity index (χ0) is 22.7. The first-order valence-corrected chi connectivity index (χ1v) is 10.3. The van der Waals surface area contributed by atoms with Gasteiger partial charge in [0.2, 0.25) is 0 Å². The van der Waals surface area contributed by atoms with E-state index in [1.54, 1.807) is 13.2 Å². The molecule has 0 fully saturated rings. The molecule has 0 aliphatic heterocycles. The van der Waals surface area contributed by atoms with Crippen molar-refractivity contribution >= 4 is 16.6 Å². The lowest BCUT2D eigenvalue weighted by molar-refractivity contribution is 0.294. The Morgan fingerprint density at radius 3 is 2.69 bits per heavy atom. The van der Waals surface area contributed by atoms with Gasteiger partial charge in [0.1, 0.15) is 24.0 Å². The van der Waals surface area contributed by atoms with E-state index in [1.165, 1.54) is 12.1 Å². The van der Waals surface area contributed by atoms with E-state index < -0.39 is 0 Å². The molecule has 32 heavy (non-hydrogen) atoms. The predicted molar refractivity (Wildman–Crippen MR) is 123 cm³/mol. The smallest absolute Gasteiger partial charge is 0.158 e. The Kier molecular flexibility index (Phi) is 6.23. The van der Waals surface area contributed by atoms with E-state index in [4.69, 9.17) is 9.47 Å².